The van der Waals surface area contributed by atoms with E-state index in [2.05, 4.69) is 23.7 Å². The Labute approximate surface area is 177 Å². The van der Waals surface area contributed by atoms with Crippen molar-refractivity contribution in [1.29, 1.82) is 0 Å². The molecule has 1 aromatic heterocycles. The first-order chi connectivity index (χ1) is 14.3. The van der Waals surface area contributed by atoms with Crippen molar-refractivity contribution in [3.05, 3.63) is 65.2 Å². The Balaban J connectivity index is 1.52. The number of aryl methyl sites for hydroxylation is 1. The summed E-state index contributed by atoms with van der Waals surface area (Å²) in [7, 11) is 1.82. The van der Waals surface area contributed by atoms with Crippen molar-refractivity contribution < 1.29 is 9.18 Å². The van der Waals surface area contributed by atoms with Gasteiger partial charge in [0.15, 0.2) is 0 Å². The predicted molar refractivity (Wildman–Crippen MR) is 117 cm³/mol. The third-order valence-corrected chi connectivity index (χ3v) is 6.27. The van der Waals surface area contributed by atoms with Crippen molar-refractivity contribution in [2.75, 3.05) is 20.1 Å². The zero-order chi connectivity index (χ0) is 21.4. The number of fused-ring (bicyclic) bond motifs is 1. The van der Waals surface area contributed by atoms with Crippen molar-refractivity contribution in [2.45, 2.75) is 45.8 Å². The Morgan fingerprint density at radius 1 is 1.27 bits per heavy atom. The predicted octanol–water partition coefficient (Wildman–Crippen LogP) is 4.09. The molecule has 1 aliphatic heterocycles. The quantitative estimate of drug-likeness (QED) is 0.639. The van der Waals surface area contributed by atoms with Crippen LogP contribution >= 0.6 is 0 Å². The summed E-state index contributed by atoms with van der Waals surface area (Å²) in [5, 5.41) is 0. The summed E-state index contributed by atoms with van der Waals surface area (Å²) in [5.74, 6) is 0.355. The summed E-state index contributed by atoms with van der Waals surface area (Å²) >= 11 is 0. The average molecular weight is 409 g/mol. The van der Waals surface area contributed by atoms with Crippen molar-refractivity contribution in [2.24, 2.45) is 0 Å². The molecule has 5 nitrogen and oxygen atoms in total. The molecule has 1 aliphatic rings. The maximum absolute atomic E-state index is 14.9. The number of carbonyl (C=O) groups is 1. The number of carbonyl (C=O) groups excluding carboxylic acids is 1. The number of hydrogen-bond donors (Lipinski definition) is 0. The minimum absolute atomic E-state index is 0.125. The summed E-state index contributed by atoms with van der Waals surface area (Å²) in [4.78, 5) is 21.6. The highest BCUT2D eigenvalue weighted by atomic mass is 19.1. The van der Waals surface area contributed by atoms with Crippen LogP contribution in [0, 0.1) is 12.7 Å². The minimum Gasteiger partial charge on any atom is -0.337 e. The van der Waals surface area contributed by atoms with Gasteiger partial charge in [0, 0.05) is 43.3 Å². The van der Waals surface area contributed by atoms with Gasteiger partial charge in [-0.3, -0.25) is 9.69 Å². The monoisotopic (exact) mass is 408 g/mol. The molecule has 4 rings (SSSR count). The standard InChI is InChI=1S/C24H29FN4O/c1-16(2)28-12-11-20(15-28)27(4)24(30)18-9-10-19(21(25)13-18)14-29-17(3)26-22-7-5-6-8-23(22)29/h5-10,13,16,20H,11-12,14-15H2,1-4H3. The second kappa shape index (κ2) is 8.19. The van der Waals surface area contributed by atoms with E-state index >= 15 is 0 Å². The summed E-state index contributed by atoms with van der Waals surface area (Å²) in [5.41, 5.74) is 2.82. The molecule has 1 amide bonds. The van der Waals surface area contributed by atoms with Crippen LogP contribution in [-0.2, 0) is 6.54 Å². The van der Waals surface area contributed by atoms with Gasteiger partial charge in [-0.2, -0.15) is 0 Å². The van der Waals surface area contributed by atoms with Gasteiger partial charge in [-0.25, -0.2) is 9.37 Å². The summed E-state index contributed by atoms with van der Waals surface area (Å²) in [6.07, 6.45) is 0.952. The van der Waals surface area contributed by atoms with E-state index in [-0.39, 0.29) is 17.8 Å². The summed E-state index contributed by atoms with van der Waals surface area (Å²) < 4.78 is 16.9. The van der Waals surface area contributed by atoms with Crippen LogP contribution in [0.5, 0.6) is 0 Å². The molecule has 0 radical (unpaired) electrons. The number of para-hydroxylation sites is 2. The number of hydrogen-bond acceptors (Lipinski definition) is 3. The molecule has 158 valence electrons. The van der Waals surface area contributed by atoms with Gasteiger partial charge in [-0.1, -0.05) is 18.2 Å². The Kier molecular flexibility index (Phi) is 5.60. The molecule has 1 unspecified atom stereocenters. The zero-order valence-corrected chi connectivity index (χ0v) is 18.1. The van der Waals surface area contributed by atoms with Gasteiger partial charge in [-0.15, -0.1) is 0 Å². The number of likely N-dealkylation sites (N-methyl/N-ethyl adjacent to an activating group) is 1. The van der Waals surface area contributed by atoms with Crippen molar-refractivity contribution in [3.8, 4) is 0 Å². The number of benzene rings is 2. The number of rotatable bonds is 5. The van der Waals surface area contributed by atoms with E-state index in [0.29, 0.717) is 23.7 Å². The summed E-state index contributed by atoms with van der Waals surface area (Å²) in [6, 6.07) is 13.3. The molecule has 3 aromatic rings. The molecule has 2 heterocycles. The van der Waals surface area contributed by atoms with Gasteiger partial charge < -0.3 is 9.47 Å². The van der Waals surface area contributed by atoms with E-state index in [9.17, 15) is 9.18 Å². The van der Waals surface area contributed by atoms with Gasteiger partial charge in [0.1, 0.15) is 11.6 Å². The van der Waals surface area contributed by atoms with Crippen LogP contribution in [0.2, 0.25) is 0 Å². The van der Waals surface area contributed by atoms with Gasteiger partial charge in [0.2, 0.25) is 0 Å². The second-order valence-electron chi connectivity index (χ2n) is 8.49. The van der Waals surface area contributed by atoms with Gasteiger partial charge in [0.05, 0.1) is 17.6 Å². The van der Waals surface area contributed by atoms with Crippen LogP contribution < -0.4 is 0 Å². The van der Waals surface area contributed by atoms with E-state index in [1.807, 2.05) is 42.8 Å². The SMILES string of the molecule is Cc1nc2ccccc2n1Cc1ccc(C(=O)N(C)C2CCN(C(C)C)C2)cc1F. The average Bonchev–Trinajstić information content (AvgIpc) is 3.34. The van der Waals surface area contributed by atoms with Crippen LogP contribution in [0.25, 0.3) is 11.0 Å². The van der Waals surface area contributed by atoms with Crippen LogP contribution in [0.1, 0.15) is 42.0 Å². The highest BCUT2D eigenvalue weighted by molar-refractivity contribution is 5.94. The zero-order valence-electron chi connectivity index (χ0n) is 18.1. The molecule has 6 heteroatoms. The smallest absolute Gasteiger partial charge is 0.253 e. The lowest BCUT2D eigenvalue weighted by atomic mass is 10.1. The van der Waals surface area contributed by atoms with Crippen LogP contribution in [0.15, 0.2) is 42.5 Å². The fraction of sp³-hybridized carbons (Fsp3) is 0.417. The Bertz CT molecular complexity index is 1070. The van der Waals surface area contributed by atoms with E-state index in [0.717, 1.165) is 36.4 Å². The van der Waals surface area contributed by atoms with E-state index < -0.39 is 0 Å². The normalized spacial score (nSPS) is 17.2. The molecule has 0 N–H and O–H groups in total. The number of amides is 1. The lowest BCUT2D eigenvalue weighted by molar-refractivity contribution is 0.0731. The summed E-state index contributed by atoms with van der Waals surface area (Å²) in [6.45, 7) is 8.51. The maximum Gasteiger partial charge on any atom is 0.253 e. The van der Waals surface area contributed by atoms with Gasteiger partial charge >= 0.3 is 0 Å². The number of halogens is 1. The van der Waals surface area contributed by atoms with E-state index in [4.69, 9.17) is 0 Å². The van der Waals surface area contributed by atoms with Crippen LogP contribution in [0.4, 0.5) is 4.39 Å². The first-order valence-electron chi connectivity index (χ1n) is 10.6. The molecular formula is C24H29FN4O. The molecule has 1 atom stereocenters. The second-order valence-corrected chi connectivity index (χ2v) is 8.49. The third-order valence-electron chi connectivity index (χ3n) is 6.27. The fourth-order valence-corrected chi connectivity index (χ4v) is 4.30. The molecule has 0 aliphatic carbocycles. The van der Waals surface area contributed by atoms with Crippen LogP contribution in [0.3, 0.4) is 0 Å². The maximum atomic E-state index is 14.9. The molecule has 0 bridgehead atoms. The van der Waals surface area contributed by atoms with Crippen molar-refractivity contribution in [3.63, 3.8) is 0 Å². The Morgan fingerprint density at radius 2 is 2.03 bits per heavy atom. The number of nitrogens with zero attached hydrogens (tertiary/aromatic N) is 4. The topological polar surface area (TPSA) is 41.4 Å². The molecular weight excluding hydrogens is 379 g/mol. The molecule has 1 saturated heterocycles. The fourth-order valence-electron chi connectivity index (χ4n) is 4.30. The third kappa shape index (κ3) is 3.84. The van der Waals surface area contributed by atoms with Gasteiger partial charge in [0.25, 0.3) is 5.91 Å². The van der Waals surface area contributed by atoms with E-state index in [1.165, 1.54) is 6.07 Å². The van der Waals surface area contributed by atoms with Crippen LogP contribution in [-0.4, -0.2) is 57.5 Å². The van der Waals surface area contributed by atoms with Crippen molar-refractivity contribution >= 4 is 16.9 Å². The number of imidazole rings is 1. The Hall–Kier alpha value is -2.73. The highest BCUT2D eigenvalue weighted by Crippen LogP contribution is 2.22. The van der Waals surface area contributed by atoms with E-state index in [1.54, 1.807) is 17.0 Å². The number of aromatic nitrogens is 2. The molecule has 0 spiro atoms. The molecule has 2 aromatic carbocycles. The molecule has 30 heavy (non-hydrogen) atoms. The first-order valence-corrected chi connectivity index (χ1v) is 10.6. The first kappa shape index (κ1) is 20.5. The van der Waals surface area contributed by atoms with Crippen molar-refractivity contribution in [1.82, 2.24) is 19.4 Å². The largest absolute Gasteiger partial charge is 0.337 e. The lowest BCUT2D eigenvalue weighted by Crippen LogP contribution is -2.40. The highest BCUT2D eigenvalue weighted by Gasteiger charge is 2.30. The Morgan fingerprint density at radius 3 is 2.73 bits per heavy atom. The molecule has 1 fully saturated rings. The van der Waals surface area contributed by atoms with Gasteiger partial charge in [-0.05, 0) is 51.5 Å². The molecule has 0 saturated carbocycles. The number of likely N-dealkylation sites (tertiary alicyclic amines) is 1. The minimum atomic E-state index is -0.360. The lowest BCUT2D eigenvalue weighted by Gasteiger charge is -2.26.